The summed E-state index contributed by atoms with van der Waals surface area (Å²) in [5, 5.41) is 0.192. The van der Waals surface area contributed by atoms with Crippen LogP contribution < -0.4 is 5.73 Å². The molecule has 1 aromatic rings. The first-order valence-corrected chi connectivity index (χ1v) is 5.77. The highest BCUT2D eigenvalue weighted by atomic mass is 35.5. The number of halogens is 2. The molecule has 1 aliphatic carbocycles. The Balaban J connectivity index is 2.24. The lowest BCUT2D eigenvalue weighted by Gasteiger charge is -2.20. The summed E-state index contributed by atoms with van der Waals surface area (Å²) >= 11 is 5.91. The summed E-state index contributed by atoms with van der Waals surface area (Å²) in [5.41, 5.74) is 6.87. The molecule has 3 heteroatoms. The summed E-state index contributed by atoms with van der Waals surface area (Å²) < 4.78 is 13.2. The van der Waals surface area contributed by atoms with Crippen molar-refractivity contribution >= 4 is 11.6 Å². The highest BCUT2D eigenvalue weighted by Gasteiger charge is 2.25. The van der Waals surface area contributed by atoms with E-state index in [1.54, 1.807) is 6.07 Å². The van der Waals surface area contributed by atoms with Gasteiger partial charge in [0.1, 0.15) is 5.82 Å². The molecule has 15 heavy (non-hydrogen) atoms. The molecule has 0 radical (unpaired) electrons. The lowest BCUT2D eigenvalue weighted by Crippen LogP contribution is -2.19. The molecule has 1 atom stereocenters. The lowest BCUT2D eigenvalue weighted by molar-refractivity contribution is 0.443. The van der Waals surface area contributed by atoms with Crippen LogP contribution in [-0.2, 0) is 0 Å². The molecule has 0 saturated heterocycles. The third-order valence-electron chi connectivity index (χ3n) is 3.25. The molecular formula is C12H15ClFN. The summed E-state index contributed by atoms with van der Waals surface area (Å²) in [6.45, 7) is 0. The molecule has 0 bridgehead atoms. The Hall–Kier alpha value is -0.600. The van der Waals surface area contributed by atoms with Gasteiger partial charge in [0, 0.05) is 6.04 Å². The molecule has 0 aliphatic heterocycles. The zero-order valence-corrected chi connectivity index (χ0v) is 9.30. The maximum Gasteiger partial charge on any atom is 0.142 e. The van der Waals surface area contributed by atoms with Crippen LogP contribution in [0.2, 0.25) is 5.02 Å². The Morgan fingerprint density at radius 2 is 2.00 bits per heavy atom. The standard InChI is InChI=1S/C12H15ClFN/c13-11-9(6-3-7-10(11)14)12(15)8-4-1-2-5-8/h3,6-8,12H,1-2,4-5,15H2/t12-/m1/s1. The van der Waals surface area contributed by atoms with Crippen molar-refractivity contribution in [3.8, 4) is 0 Å². The zero-order chi connectivity index (χ0) is 10.8. The van der Waals surface area contributed by atoms with Gasteiger partial charge in [0.05, 0.1) is 5.02 Å². The molecule has 0 spiro atoms. The number of rotatable bonds is 2. The second kappa shape index (κ2) is 4.50. The number of hydrogen-bond acceptors (Lipinski definition) is 1. The number of benzene rings is 1. The largest absolute Gasteiger partial charge is 0.324 e. The quantitative estimate of drug-likeness (QED) is 0.820. The third-order valence-corrected chi connectivity index (χ3v) is 3.65. The van der Waals surface area contributed by atoms with Crippen LogP contribution in [0.25, 0.3) is 0 Å². The van der Waals surface area contributed by atoms with Gasteiger partial charge in [-0.2, -0.15) is 0 Å². The number of nitrogens with two attached hydrogens (primary N) is 1. The Morgan fingerprint density at radius 3 is 2.67 bits per heavy atom. The molecule has 2 N–H and O–H groups in total. The van der Waals surface area contributed by atoms with E-state index in [4.69, 9.17) is 17.3 Å². The SMILES string of the molecule is N[C@@H](c1cccc(F)c1Cl)C1CCCC1. The Labute approximate surface area is 94.4 Å². The fourth-order valence-corrected chi connectivity index (χ4v) is 2.60. The molecule has 0 heterocycles. The molecule has 1 fully saturated rings. The predicted molar refractivity (Wildman–Crippen MR) is 60.3 cm³/mol. The predicted octanol–water partition coefficient (Wildman–Crippen LogP) is 3.67. The van der Waals surface area contributed by atoms with Crippen LogP contribution in [0.3, 0.4) is 0 Å². The van der Waals surface area contributed by atoms with Crippen molar-refractivity contribution in [1.29, 1.82) is 0 Å². The van der Waals surface area contributed by atoms with Gasteiger partial charge in [-0.15, -0.1) is 0 Å². The van der Waals surface area contributed by atoms with Crippen molar-refractivity contribution in [2.24, 2.45) is 11.7 Å². The molecule has 0 unspecified atom stereocenters. The second-order valence-corrected chi connectivity index (χ2v) is 4.59. The summed E-state index contributed by atoms with van der Waals surface area (Å²) in [4.78, 5) is 0. The Bertz CT molecular complexity index is 347. The smallest absolute Gasteiger partial charge is 0.142 e. The fourth-order valence-electron chi connectivity index (χ4n) is 2.35. The van der Waals surface area contributed by atoms with Crippen molar-refractivity contribution in [3.05, 3.63) is 34.6 Å². The van der Waals surface area contributed by atoms with E-state index in [1.807, 2.05) is 6.07 Å². The van der Waals surface area contributed by atoms with E-state index in [1.165, 1.54) is 18.9 Å². The maximum absolute atomic E-state index is 13.2. The van der Waals surface area contributed by atoms with Crippen LogP contribution >= 0.6 is 11.6 Å². The minimum Gasteiger partial charge on any atom is -0.324 e. The van der Waals surface area contributed by atoms with Crippen molar-refractivity contribution in [3.63, 3.8) is 0 Å². The van der Waals surface area contributed by atoms with E-state index >= 15 is 0 Å². The van der Waals surface area contributed by atoms with Crippen molar-refractivity contribution < 1.29 is 4.39 Å². The van der Waals surface area contributed by atoms with E-state index in [0.29, 0.717) is 5.92 Å². The Kier molecular flexibility index (Phi) is 3.27. The first-order valence-electron chi connectivity index (χ1n) is 5.39. The molecule has 0 aromatic heterocycles. The van der Waals surface area contributed by atoms with Crippen LogP contribution in [0, 0.1) is 11.7 Å². The molecule has 2 rings (SSSR count). The summed E-state index contributed by atoms with van der Waals surface area (Å²) in [5.74, 6) is 0.0897. The van der Waals surface area contributed by atoms with Crippen LogP contribution in [0.15, 0.2) is 18.2 Å². The van der Waals surface area contributed by atoms with Crippen molar-refractivity contribution in [1.82, 2.24) is 0 Å². The zero-order valence-electron chi connectivity index (χ0n) is 8.55. The van der Waals surface area contributed by atoms with Gasteiger partial charge in [-0.05, 0) is 30.4 Å². The maximum atomic E-state index is 13.2. The molecular weight excluding hydrogens is 213 g/mol. The summed E-state index contributed by atoms with van der Waals surface area (Å²) in [6.07, 6.45) is 4.72. The van der Waals surface area contributed by atoms with Crippen LogP contribution in [-0.4, -0.2) is 0 Å². The van der Waals surface area contributed by atoms with E-state index in [-0.39, 0.29) is 16.9 Å². The van der Waals surface area contributed by atoms with E-state index in [9.17, 15) is 4.39 Å². The second-order valence-electron chi connectivity index (χ2n) is 4.21. The summed E-state index contributed by atoms with van der Waals surface area (Å²) in [6, 6.07) is 4.75. The highest BCUT2D eigenvalue weighted by molar-refractivity contribution is 6.31. The van der Waals surface area contributed by atoms with E-state index < -0.39 is 0 Å². The molecule has 1 aliphatic rings. The van der Waals surface area contributed by atoms with Crippen molar-refractivity contribution in [2.45, 2.75) is 31.7 Å². The monoisotopic (exact) mass is 227 g/mol. The minimum atomic E-state index is -0.373. The highest BCUT2D eigenvalue weighted by Crippen LogP contribution is 2.37. The van der Waals surface area contributed by atoms with Gasteiger partial charge in [-0.3, -0.25) is 0 Å². The van der Waals surface area contributed by atoms with Crippen molar-refractivity contribution in [2.75, 3.05) is 0 Å². The molecule has 0 amide bonds. The van der Waals surface area contributed by atoms with Gasteiger partial charge in [0.2, 0.25) is 0 Å². The Morgan fingerprint density at radius 1 is 1.33 bits per heavy atom. The van der Waals surface area contributed by atoms with Gasteiger partial charge in [0.25, 0.3) is 0 Å². The fraction of sp³-hybridized carbons (Fsp3) is 0.500. The van der Waals surface area contributed by atoms with Gasteiger partial charge in [0.15, 0.2) is 0 Å². The lowest BCUT2D eigenvalue weighted by atomic mass is 9.92. The van der Waals surface area contributed by atoms with Gasteiger partial charge in [-0.1, -0.05) is 36.6 Å². The first kappa shape index (κ1) is 10.9. The summed E-state index contributed by atoms with van der Waals surface area (Å²) in [7, 11) is 0. The van der Waals surface area contributed by atoms with Gasteiger partial charge in [-0.25, -0.2) is 4.39 Å². The third kappa shape index (κ3) is 2.16. The van der Waals surface area contributed by atoms with E-state index in [2.05, 4.69) is 0 Å². The van der Waals surface area contributed by atoms with Crippen LogP contribution in [0.5, 0.6) is 0 Å². The minimum absolute atomic E-state index is 0.115. The molecule has 1 nitrogen and oxygen atoms in total. The molecule has 1 saturated carbocycles. The van der Waals surface area contributed by atoms with Gasteiger partial charge < -0.3 is 5.73 Å². The number of hydrogen-bond donors (Lipinski definition) is 1. The normalized spacial score (nSPS) is 19.4. The average Bonchev–Trinajstić information content (AvgIpc) is 2.74. The first-order chi connectivity index (χ1) is 7.20. The topological polar surface area (TPSA) is 26.0 Å². The molecule has 82 valence electrons. The van der Waals surface area contributed by atoms with Gasteiger partial charge >= 0.3 is 0 Å². The van der Waals surface area contributed by atoms with Crippen LogP contribution in [0.4, 0.5) is 4.39 Å². The van der Waals surface area contributed by atoms with Crippen LogP contribution in [0.1, 0.15) is 37.3 Å². The molecule has 1 aromatic carbocycles. The van der Waals surface area contributed by atoms with E-state index in [0.717, 1.165) is 18.4 Å². The average molecular weight is 228 g/mol.